The highest BCUT2D eigenvalue weighted by Gasteiger charge is 2.19. The van der Waals surface area contributed by atoms with Gasteiger partial charge in [0.25, 0.3) is 0 Å². The van der Waals surface area contributed by atoms with Crippen molar-refractivity contribution in [3.05, 3.63) is 70.3 Å². The van der Waals surface area contributed by atoms with Crippen LogP contribution >= 0.6 is 0 Å². The Bertz CT molecular complexity index is 720. The first-order valence-electron chi connectivity index (χ1n) is 10.2. The van der Waals surface area contributed by atoms with Crippen molar-refractivity contribution in [2.45, 2.75) is 71.1 Å². The lowest BCUT2D eigenvalue weighted by molar-refractivity contribution is 0.422. The van der Waals surface area contributed by atoms with E-state index in [-0.39, 0.29) is 11.6 Å². The Hall–Kier alpha value is -1.70. The predicted molar refractivity (Wildman–Crippen MR) is 104 cm³/mol. The average molecular weight is 357 g/mol. The summed E-state index contributed by atoms with van der Waals surface area (Å²) in [4.78, 5) is 0. The zero-order chi connectivity index (χ0) is 18.4. The van der Waals surface area contributed by atoms with Gasteiger partial charge in [-0.1, -0.05) is 44.4 Å². The van der Waals surface area contributed by atoms with Crippen LogP contribution in [-0.2, 0) is 25.7 Å². The Morgan fingerprint density at radius 1 is 0.923 bits per heavy atom. The van der Waals surface area contributed by atoms with Crippen LogP contribution in [0.15, 0.2) is 36.4 Å². The number of hydrogen-bond acceptors (Lipinski definition) is 0. The largest absolute Gasteiger partial charge is 0.207 e. The van der Waals surface area contributed by atoms with E-state index in [1.807, 2.05) is 12.1 Å². The Balaban J connectivity index is 1.51. The molecule has 3 rings (SSSR count). The number of benzene rings is 2. The van der Waals surface area contributed by atoms with E-state index in [9.17, 15) is 8.78 Å². The van der Waals surface area contributed by atoms with Gasteiger partial charge < -0.3 is 0 Å². The number of aryl methyl sites for hydroxylation is 3. The van der Waals surface area contributed by atoms with Gasteiger partial charge in [-0.25, -0.2) is 8.78 Å². The number of hydrogen-bond donors (Lipinski definition) is 0. The molecule has 0 N–H and O–H groups in total. The van der Waals surface area contributed by atoms with Gasteiger partial charge in [-0.05, 0) is 91.3 Å². The molecule has 0 radical (unpaired) electrons. The summed E-state index contributed by atoms with van der Waals surface area (Å²) in [5.41, 5.74) is 4.38. The zero-order valence-corrected chi connectivity index (χ0v) is 15.9. The summed E-state index contributed by atoms with van der Waals surface area (Å²) in [7, 11) is 0. The molecule has 0 bridgehead atoms. The summed E-state index contributed by atoms with van der Waals surface area (Å²) in [6, 6.07) is 11.0. The Kier molecular flexibility index (Phi) is 6.82. The third kappa shape index (κ3) is 5.16. The van der Waals surface area contributed by atoms with E-state index in [2.05, 4.69) is 13.0 Å². The SMILES string of the molecule is CCCCCCc1ccc(CCC2CCc3cc(F)ccc3C2)c(F)c1. The molecule has 1 aliphatic carbocycles. The molecule has 26 heavy (non-hydrogen) atoms. The van der Waals surface area contributed by atoms with E-state index < -0.39 is 0 Å². The Morgan fingerprint density at radius 2 is 1.81 bits per heavy atom. The summed E-state index contributed by atoms with van der Waals surface area (Å²) in [5.74, 6) is 0.386. The van der Waals surface area contributed by atoms with Crippen molar-refractivity contribution in [2.24, 2.45) is 5.92 Å². The van der Waals surface area contributed by atoms with Crippen LogP contribution in [0, 0.1) is 17.6 Å². The van der Waals surface area contributed by atoms with Crippen LogP contribution in [-0.4, -0.2) is 0 Å². The first-order valence-corrected chi connectivity index (χ1v) is 10.2. The molecule has 1 aliphatic rings. The minimum atomic E-state index is -0.140. The van der Waals surface area contributed by atoms with Gasteiger partial charge in [0.05, 0.1) is 0 Å². The predicted octanol–water partition coefficient (Wildman–Crippen LogP) is 6.83. The van der Waals surface area contributed by atoms with Crippen LogP contribution < -0.4 is 0 Å². The normalized spacial score (nSPS) is 16.5. The molecule has 0 nitrogen and oxygen atoms in total. The average Bonchev–Trinajstić information content (AvgIpc) is 2.64. The molecule has 1 unspecified atom stereocenters. The maximum atomic E-state index is 14.4. The number of fused-ring (bicyclic) bond motifs is 1. The summed E-state index contributed by atoms with van der Waals surface area (Å²) >= 11 is 0. The summed E-state index contributed by atoms with van der Waals surface area (Å²) < 4.78 is 27.7. The van der Waals surface area contributed by atoms with Crippen molar-refractivity contribution >= 4 is 0 Å². The van der Waals surface area contributed by atoms with Crippen LogP contribution in [0.25, 0.3) is 0 Å². The van der Waals surface area contributed by atoms with Crippen LogP contribution in [0.4, 0.5) is 8.78 Å². The van der Waals surface area contributed by atoms with E-state index in [1.54, 1.807) is 18.2 Å². The highest BCUT2D eigenvalue weighted by atomic mass is 19.1. The van der Waals surface area contributed by atoms with E-state index in [1.165, 1.54) is 24.8 Å². The lowest BCUT2D eigenvalue weighted by atomic mass is 9.81. The molecule has 0 aromatic heterocycles. The monoisotopic (exact) mass is 356 g/mol. The minimum absolute atomic E-state index is 0.0451. The van der Waals surface area contributed by atoms with Crippen molar-refractivity contribution in [3.8, 4) is 0 Å². The number of rotatable bonds is 8. The van der Waals surface area contributed by atoms with Gasteiger partial charge in [-0.2, -0.15) is 0 Å². The lowest BCUT2D eigenvalue weighted by Crippen LogP contribution is -2.15. The van der Waals surface area contributed by atoms with Gasteiger partial charge in [0.15, 0.2) is 0 Å². The molecule has 0 spiro atoms. The highest BCUT2D eigenvalue weighted by Crippen LogP contribution is 2.29. The van der Waals surface area contributed by atoms with Crippen molar-refractivity contribution in [1.82, 2.24) is 0 Å². The second kappa shape index (κ2) is 9.30. The fourth-order valence-corrected chi connectivity index (χ4v) is 4.11. The molecule has 0 fully saturated rings. The number of unbranched alkanes of at least 4 members (excludes halogenated alkanes) is 3. The first-order chi connectivity index (χ1) is 12.7. The minimum Gasteiger partial charge on any atom is -0.207 e. The fraction of sp³-hybridized carbons (Fsp3) is 0.500. The van der Waals surface area contributed by atoms with Gasteiger partial charge in [0.1, 0.15) is 11.6 Å². The number of halogens is 2. The standard InChI is InChI=1S/C24H30F2/c1-2-3-4-5-6-18-7-10-20(24(26)16-18)11-8-19-9-12-22-17-23(25)14-13-21(22)15-19/h7,10,13-14,16-17,19H,2-6,8-9,11-12,15H2,1H3. The highest BCUT2D eigenvalue weighted by molar-refractivity contribution is 5.31. The third-order valence-electron chi connectivity index (χ3n) is 5.76. The Labute approximate surface area is 156 Å². The Morgan fingerprint density at radius 3 is 2.62 bits per heavy atom. The molecular formula is C24H30F2. The fourth-order valence-electron chi connectivity index (χ4n) is 4.11. The zero-order valence-electron chi connectivity index (χ0n) is 15.9. The maximum absolute atomic E-state index is 14.4. The van der Waals surface area contributed by atoms with Gasteiger partial charge >= 0.3 is 0 Å². The second-order valence-electron chi connectivity index (χ2n) is 7.80. The van der Waals surface area contributed by atoms with Crippen molar-refractivity contribution in [2.75, 3.05) is 0 Å². The van der Waals surface area contributed by atoms with Gasteiger partial charge in [-0.3, -0.25) is 0 Å². The summed E-state index contributed by atoms with van der Waals surface area (Å²) in [5, 5.41) is 0. The second-order valence-corrected chi connectivity index (χ2v) is 7.80. The molecule has 0 saturated carbocycles. The van der Waals surface area contributed by atoms with Gasteiger partial charge in [-0.15, -0.1) is 0 Å². The molecule has 2 aromatic carbocycles. The smallest absolute Gasteiger partial charge is 0.126 e. The van der Waals surface area contributed by atoms with Crippen LogP contribution in [0.2, 0.25) is 0 Å². The molecule has 0 saturated heterocycles. The quantitative estimate of drug-likeness (QED) is 0.455. The molecule has 2 aromatic rings. The molecule has 2 heteroatoms. The van der Waals surface area contributed by atoms with E-state index in [4.69, 9.17) is 0 Å². The first kappa shape index (κ1) is 19.1. The molecular weight excluding hydrogens is 326 g/mol. The van der Waals surface area contributed by atoms with Crippen molar-refractivity contribution in [3.63, 3.8) is 0 Å². The van der Waals surface area contributed by atoms with E-state index in [0.717, 1.165) is 61.6 Å². The molecule has 0 heterocycles. The molecule has 140 valence electrons. The summed E-state index contributed by atoms with van der Waals surface area (Å²) in [6.07, 6.45) is 10.7. The van der Waals surface area contributed by atoms with Gasteiger partial charge in [0, 0.05) is 0 Å². The topological polar surface area (TPSA) is 0 Å². The van der Waals surface area contributed by atoms with Gasteiger partial charge in [0.2, 0.25) is 0 Å². The van der Waals surface area contributed by atoms with Crippen LogP contribution in [0.3, 0.4) is 0 Å². The lowest BCUT2D eigenvalue weighted by Gasteiger charge is -2.24. The maximum Gasteiger partial charge on any atom is 0.126 e. The van der Waals surface area contributed by atoms with Crippen molar-refractivity contribution < 1.29 is 8.78 Å². The van der Waals surface area contributed by atoms with Crippen LogP contribution in [0.1, 0.15) is 67.7 Å². The molecule has 0 aliphatic heterocycles. The summed E-state index contributed by atoms with van der Waals surface area (Å²) in [6.45, 7) is 2.21. The molecule has 1 atom stereocenters. The van der Waals surface area contributed by atoms with E-state index in [0.29, 0.717) is 5.92 Å². The van der Waals surface area contributed by atoms with Crippen LogP contribution in [0.5, 0.6) is 0 Å². The molecule has 0 amide bonds. The van der Waals surface area contributed by atoms with Crippen molar-refractivity contribution in [1.29, 1.82) is 0 Å². The third-order valence-corrected chi connectivity index (χ3v) is 5.76. The van der Waals surface area contributed by atoms with E-state index >= 15 is 0 Å².